The van der Waals surface area contributed by atoms with Gasteiger partial charge in [0.25, 0.3) is 0 Å². The zero-order chi connectivity index (χ0) is 13.8. The Hall–Kier alpha value is -0.650. The van der Waals surface area contributed by atoms with Gasteiger partial charge in [-0.2, -0.15) is 0 Å². The first-order chi connectivity index (χ1) is 8.61. The van der Waals surface area contributed by atoms with Gasteiger partial charge in [0.2, 0.25) is 0 Å². The van der Waals surface area contributed by atoms with Gasteiger partial charge in [0.15, 0.2) is 0 Å². The van der Waals surface area contributed by atoms with Gasteiger partial charge in [0.1, 0.15) is 0 Å². The van der Waals surface area contributed by atoms with Gasteiger partial charge in [-0.1, -0.05) is 0 Å². The number of carbonyl (C=O) groups is 1. The summed E-state index contributed by atoms with van der Waals surface area (Å²) in [5.41, 5.74) is 0. The van der Waals surface area contributed by atoms with Crippen LogP contribution in [0.3, 0.4) is 0 Å². The third-order valence-corrected chi connectivity index (χ3v) is 2.53. The molecule has 0 aromatic rings. The van der Waals surface area contributed by atoms with Crippen LogP contribution in [-0.2, 0) is 19.0 Å². The first kappa shape index (κ1) is 17.4. The quantitative estimate of drug-likeness (QED) is 0.414. The molecule has 0 spiro atoms. The number of hydrogen-bond acceptors (Lipinski definition) is 5. The monoisotopic (exact) mass is 261 g/mol. The molecule has 0 aliphatic carbocycles. The maximum Gasteiger partial charge on any atom is 0.320 e. The minimum Gasteiger partial charge on any atom is -0.465 e. The fraction of sp³-hybridized carbons (Fsp3) is 0.923. The standard InChI is InChI=1S/C13H27NO4/c1-5-18-13(15)11-14(12(2)3)7-6-8-17-10-9-16-4/h12H,5-11H2,1-4H3. The van der Waals surface area contributed by atoms with Crippen molar-refractivity contribution in [2.75, 3.05) is 46.6 Å². The summed E-state index contributed by atoms with van der Waals surface area (Å²) in [6.07, 6.45) is 0.904. The highest BCUT2D eigenvalue weighted by Gasteiger charge is 2.14. The molecule has 0 aliphatic heterocycles. The van der Waals surface area contributed by atoms with E-state index in [1.807, 2.05) is 6.92 Å². The molecule has 0 aromatic heterocycles. The average Bonchev–Trinajstić information content (AvgIpc) is 2.32. The Morgan fingerprint density at radius 1 is 1.22 bits per heavy atom. The minimum absolute atomic E-state index is 0.161. The molecule has 0 fully saturated rings. The summed E-state index contributed by atoms with van der Waals surface area (Å²) in [5, 5.41) is 0. The highest BCUT2D eigenvalue weighted by molar-refractivity contribution is 5.71. The van der Waals surface area contributed by atoms with Crippen molar-refractivity contribution in [2.45, 2.75) is 33.2 Å². The molecule has 0 radical (unpaired) electrons. The molecule has 0 N–H and O–H groups in total. The molecule has 18 heavy (non-hydrogen) atoms. The van der Waals surface area contributed by atoms with Gasteiger partial charge in [0.05, 0.1) is 26.4 Å². The van der Waals surface area contributed by atoms with E-state index in [-0.39, 0.29) is 5.97 Å². The average molecular weight is 261 g/mol. The molecule has 108 valence electrons. The van der Waals surface area contributed by atoms with Gasteiger partial charge in [0, 0.05) is 26.3 Å². The van der Waals surface area contributed by atoms with Crippen molar-refractivity contribution in [3.63, 3.8) is 0 Å². The summed E-state index contributed by atoms with van der Waals surface area (Å²) in [4.78, 5) is 13.5. The topological polar surface area (TPSA) is 48.0 Å². The lowest BCUT2D eigenvalue weighted by Gasteiger charge is -2.25. The van der Waals surface area contributed by atoms with Crippen LogP contribution in [0.15, 0.2) is 0 Å². The number of rotatable bonds is 11. The molecule has 0 amide bonds. The summed E-state index contributed by atoms with van der Waals surface area (Å²) in [6.45, 7) is 9.53. The second-order valence-electron chi connectivity index (χ2n) is 4.33. The van der Waals surface area contributed by atoms with E-state index in [0.717, 1.165) is 13.0 Å². The highest BCUT2D eigenvalue weighted by atomic mass is 16.5. The summed E-state index contributed by atoms with van der Waals surface area (Å²) in [5.74, 6) is -0.161. The molecule has 0 aliphatic rings. The maximum absolute atomic E-state index is 11.4. The van der Waals surface area contributed by atoms with E-state index in [2.05, 4.69) is 18.7 Å². The number of methoxy groups -OCH3 is 1. The van der Waals surface area contributed by atoms with Crippen LogP contribution in [0.4, 0.5) is 0 Å². The number of carbonyl (C=O) groups excluding carboxylic acids is 1. The zero-order valence-electron chi connectivity index (χ0n) is 12.1. The van der Waals surface area contributed by atoms with Gasteiger partial charge in [-0.25, -0.2) is 0 Å². The maximum atomic E-state index is 11.4. The Balaban J connectivity index is 3.73. The van der Waals surface area contributed by atoms with Crippen LogP contribution in [0.5, 0.6) is 0 Å². The first-order valence-corrected chi connectivity index (χ1v) is 6.58. The van der Waals surface area contributed by atoms with Gasteiger partial charge in [-0.3, -0.25) is 9.69 Å². The van der Waals surface area contributed by atoms with Crippen LogP contribution in [0.25, 0.3) is 0 Å². The van der Waals surface area contributed by atoms with Crippen molar-refractivity contribution in [1.29, 1.82) is 0 Å². The van der Waals surface area contributed by atoms with Crippen LogP contribution in [0.2, 0.25) is 0 Å². The summed E-state index contributed by atoms with van der Waals surface area (Å²) in [6, 6.07) is 0.327. The lowest BCUT2D eigenvalue weighted by atomic mass is 10.3. The molecule has 0 atom stereocenters. The zero-order valence-corrected chi connectivity index (χ0v) is 12.1. The Bertz CT molecular complexity index is 209. The van der Waals surface area contributed by atoms with Crippen molar-refractivity contribution in [1.82, 2.24) is 4.90 Å². The van der Waals surface area contributed by atoms with Crippen molar-refractivity contribution in [3.8, 4) is 0 Å². The van der Waals surface area contributed by atoms with E-state index in [1.54, 1.807) is 7.11 Å². The molecule has 5 nitrogen and oxygen atoms in total. The molecule has 0 aromatic carbocycles. The molecular formula is C13H27NO4. The third-order valence-electron chi connectivity index (χ3n) is 2.53. The van der Waals surface area contributed by atoms with Gasteiger partial charge >= 0.3 is 5.97 Å². The fourth-order valence-electron chi connectivity index (χ4n) is 1.51. The van der Waals surface area contributed by atoms with Crippen molar-refractivity contribution < 1.29 is 19.0 Å². The summed E-state index contributed by atoms with van der Waals surface area (Å²) in [7, 11) is 1.66. The third kappa shape index (κ3) is 9.39. The van der Waals surface area contributed by atoms with E-state index in [9.17, 15) is 4.79 Å². The van der Waals surface area contributed by atoms with E-state index >= 15 is 0 Å². The smallest absolute Gasteiger partial charge is 0.320 e. The van der Waals surface area contributed by atoms with Crippen molar-refractivity contribution in [2.24, 2.45) is 0 Å². The van der Waals surface area contributed by atoms with E-state index in [0.29, 0.717) is 39.0 Å². The van der Waals surface area contributed by atoms with Gasteiger partial charge in [-0.05, 0) is 27.2 Å². The minimum atomic E-state index is -0.161. The normalized spacial score (nSPS) is 11.2. The number of ether oxygens (including phenoxy) is 3. The Morgan fingerprint density at radius 2 is 1.94 bits per heavy atom. The molecule has 0 rings (SSSR count). The Kier molecular flexibility index (Phi) is 11.0. The number of hydrogen-bond donors (Lipinski definition) is 0. The summed E-state index contributed by atoms with van der Waals surface area (Å²) < 4.78 is 15.2. The van der Waals surface area contributed by atoms with Crippen molar-refractivity contribution >= 4 is 5.97 Å². The van der Waals surface area contributed by atoms with Crippen LogP contribution < -0.4 is 0 Å². The number of esters is 1. The molecule has 0 unspecified atom stereocenters. The fourth-order valence-corrected chi connectivity index (χ4v) is 1.51. The van der Waals surface area contributed by atoms with Crippen molar-refractivity contribution in [3.05, 3.63) is 0 Å². The molecule has 0 saturated heterocycles. The van der Waals surface area contributed by atoms with Gasteiger partial charge < -0.3 is 14.2 Å². The Morgan fingerprint density at radius 3 is 2.50 bits per heavy atom. The van der Waals surface area contributed by atoms with Crippen LogP contribution >= 0.6 is 0 Å². The lowest BCUT2D eigenvalue weighted by Crippen LogP contribution is -2.37. The van der Waals surface area contributed by atoms with E-state index < -0.39 is 0 Å². The Labute approximate surface area is 110 Å². The predicted octanol–water partition coefficient (Wildman–Crippen LogP) is 1.31. The van der Waals surface area contributed by atoms with E-state index in [4.69, 9.17) is 14.2 Å². The van der Waals surface area contributed by atoms with Crippen LogP contribution in [0, 0.1) is 0 Å². The number of nitrogens with zero attached hydrogens (tertiary/aromatic N) is 1. The predicted molar refractivity (Wildman–Crippen MR) is 70.7 cm³/mol. The first-order valence-electron chi connectivity index (χ1n) is 6.58. The van der Waals surface area contributed by atoms with Crippen LogP contribution in [-0.4, -0.2) is 63.5 Å². The van der Waals surface area contributed by atoms with Gasteiger partial charge in [-0.15, -0.1) is 0 Å². The van der Waals surface area contributed by atoms with E-state index in [1.165, 1.54) is 0 Å². The largest absolute Gasteiger partial charge is 0.465 e. The highest BCUT2D eigenvalue weighted by Crippen LogP contribution is 2.00. The molecule has 0 saturated carbocycles. The second kappa shape index (κ2) is 11.4. The molecule has 5 heteroatoms. The summed E-state index contributed by atoms with van der Waals surface area (Å²) >= 11 is 0. The van der Waals surface area contributed by atoms with Crippen LogP contribution in [0.1, 0.15) is 27.2 Å². The molecule has 0 heterocycles. The molecule has 0 bridgehead atoms. The molecular weight excluding hydrogens is 234 g/mol. The lowest BCUT2D eigenvalue weighted by molar-refractivity contribution is -0.145. The second-order valence-corrected chi connectivity index (χ2v) is 4.33. The SMILES string of the molecule is CCOC(=O)CN(CCCOCCOC)C(C)C.